The summed E-state index contributed by atoms with van der Waals surface area (Å²) in [5.41, 5.74) is 0. The molecule has 0 saturated carbocycles. The van der Waals surface area contributed by atoms with Gasteiger partial charge in [-0.05, 0) is 11.5 Å². The molecule has 0 bridgehead atoms. The predicted molar refractivity (Wildman–Crippen MR) is 102 cm³/mol. The van der Waals surface area contributed by atoms with Crippen LogP contribution >= 0.6 is 34.4 Å². The highest BCUT2D eigenvalue weighted by Gasteiger charge is 2.08. The van der Waals surface area contributed by atoms with Crippen molar-refractivity contribution in [3.63, 3.8) is 0 Å². The number of amides is 2. The molecular weight excluding hydrogens is 380 g/mol. The van der Waals surface area contributed by atoms with E-state index < -0.39 is 0 Å². The van der Waals surface area contributed by atoms with E-state index >= 15 is 0 Å². The van der Waals surface area contributed by atoms with Crippen LogP contribution in [0.5, 0.6) is 0 Å². The molecule has 2 aromatic rings. The third-order valence-electron chi connectivity index (χ3n) is 2.99. The number of thioether (sulfide) groups is 1. The molecule has 0 spiro atoms. The lowest BCUT2D eigenvalue weighted by Crippen LogP contribution is -2.08. The van der Waals surface area contributed by atoms with Gasteiger partial charge >= 0.3 is 0 Å². The Balaban J connectivity index is 1.63. The Labute approximate surface area is 158 Å². The van der Waals surface area contributed by atoms with Gasteiger partial charge in [0.2, 0.25) is 22.1 Å². The molecule has 0 saturated heterocycles. The first kappa shape index (κ1) is 19.7. The number of carbonyl (C=O) groups is 2. The van der Waals surface area contributed by atoms with E-state index in [-0.39, 0.29) is 11.8 Å². The second kappa shape index (κ2) is 10.4. The van der Waals surface area contributed by atoms with Crippen LogP contribution in [0.1, 0.15) is 36.7 Å². The summed E-state index contributed by atoms with van der Waals surface area (Å²) in [4.78, 5) is 22.6. The molecule has 2 heterocycles. The van der Waals surface area contributed by atoms with Gasteiger partial charge in [-0.3, -0.25) is 9.59 Å². The zero-order valence-corrected chi connectivity index (χ0v) is 16.5. The molecule has 0 unspecified atom stereocenters. The van der Waals surface area contributed by atoms with Gasteiger partial charge in [0.1, 0.15) is 10.0 Å². The summed E-state index contributed by atoms with van der Waals surface area (Å²) in [5, 5.41) is 24.4. The topological polar surface area (TPSA) is 110 Å². The van der Waals surface area contributed by atoms with Crippen LogP contribution in [0, 0.1) is 0 Å². The zero-order valence-electron chi connectivity index (χ0n) is 14.1. The maximum absolute atomic E-state index is 11.3. The molecule has 0 radical (unpaired) electrons. The fraction of sp³-hybridized carbons (Fsp3) is 0.571. The van der Waals surface area contributed by atoms with Crippen molar-refractivity contribution in [2.24, 2.45) is 0 Å². The van der Waals surface area contributed by atoms with Gasteiger partial charge in [-0.15, -0.1) is 20.4 Å². The summed E-state index contributed by atoms with van der Waals surface area (Å²) in [6.45, 7) is 3.60. The van der Waals surface area contributed by atoms with Gasteiger partial charge in [0.25, 0.3) is 0 Å². The van der Waals surface area contributed by atoms with Crippen molar-refractivity contribution in [3.05, 3.63) is 10.0 Å². The molecule has 2 amide bonds. The van der Waals surface area contributed by atoms with Crippen molar-refractivity contribution in [2.45, 2.75) is 39.5 Å². The monoisotopic (exact) mass is 400 g/mol. The number of hydrogen-bond acceptors (Lipinski definition) is 9. The Morgan fingerprint density at radius 2 is 1.28 bits per heavy atom. The Bertz CT molecular complexity index is 644. The highest BCUT2D eigenvalue weighted by atomic mass is 32.2. The number of nitrogens with zero attached hydrogens (tertiary/aromatic N) is 4. The number of carbonyl (C=O) groups excluding carboxylic acids is 2. The molecule has 2 rings (SSSR count). The van der Waals surface area contributed by atoms with E-state index in [2.05, 4.69) is 31.0 Å². The number of rotatable bonds is 10. The first-order valence-electron chi connectivity index (χ1n) is 7.92. The largest absolute Gasteiger partial charge is 0.301 e. The van der Waals surface area contributed by atoms with Crippen molar-refractivity contribution in [3.8, 4) is 0 Å². The quantitative estimate of drug-likeness (QED) is 0.590. The van der Waals surface area contributed by atoms with E-state index in [4.69, 9.17) is 0 Å². The number of aryl methyl sites for hydroxylation is 2. The van der Waals surface area contributed by atoms with Crippen molar-refractivity contribution >= 4 is 56.5 Å². The molecule has 0 atom stereocenters. The molecule has 0 fully saturated rings. The summed E-state index contributed by atoms with van der Waals surface area (Å²) in [6.07, 6.45) is 2.50. The average Bonchev–Trinajstić information content (AvgIpc) is 3.24. The van der Waals surface area contributed by atoms with E-state index in [1.165, 1.54) is 22.7 Å². The number of nitrogens with one attached hydrogen (secondary N) is 2. The first-order chi connectivity index (χ1) is 12.1. The molecule has 2 aromatic heterocycles. The summed E-state index contributed by atoms with van der Waals surface area (Å²) in [6, 6.07) is 0. The van der Waals surface area contributed by atoms with Crippen LogP contribution < -0.4 is 10.6 Å². The van der Waals surface area contributed by atoms with Crippen LogP contribution in [-0.2, 0) is 22.4 Å². The first-order valence-corrected chi connectivity index (χ1v) is 10.7. The third kappa shape index (κ3) is 7.04. The molecule has 11 heteroatoms. The standard InChI is InChI=1S/C14H20N6O2S3/c1-3-9(21)15-13-19-17-11(24-13)5-7-23-8-6-12-18-20-14(25-12)16-10(22)4-2/h3-8H2,1-2H3,(H,15,19,21)(H,16,20,22). The SMILES string of the molecule is CCC(=O)Nc1nnc(CCSCCc2nnc(NC(=O)CC)s2)s1. The van der Waals surface area contributed by atoms with Gasteiger partial charge in [0.15, 0.2) is 0 Å². The minimum atomic E-state index is -0.0522. The molecule has 25 heavy (non-hydrogen) atoms. The minimum absolute atomic E-state index is 0.0522. The zero-order chi connectivity index (χ0) is 18.1. The lowest BCUT2D eigenvalue weighted by atomic mass is 10.5. The van der Waals surface area contributed by atoms with E-state index in [9.17, 15) is 9.59 Å². The van der Waals surface area contributed by atoms with Gasteiger partial charge in [-0.1, -0.05) is 36.5 Å². The number of anilines is 2. The second-order valence-corrected chi connectivity index (χ2v) is 8.27. The molecule has 0 aliphatic carbocycles. The van der Waals surface area contributed by atoms with E-state index in [1.54, 1.807) is 25.6 Å². The molecule has 0 aliphatic rings. The van der Waals surface area contributed by atoms with Crippen LogP contribution in [0.25, 0.3) is 0 Å². The molecule has 0 aromatic carbocycles. The van der Waals surface area contributed by atoms with Crippen molar-refractivity contribution in [1.82, 2.24) is 20.4 Å². The van der Waals surface area contributed by atoms with Gasteiger partial charge in [0, 0.05) is 25.7 Å². The van der Waals surface area contributed by atoms with E-state index in [1.807, 2.05) is 0 Å². The smallest absolute Gasteiger partial charge is 0.225 e. The van der Waals surface area contributed by atoms with Crippen molar-refractivity contribution in [1.29, 1.82) is 0 Å². The van der Waals surface area contributed by atoms with Gasteiger partial charge in [-0.2, -0.15) is 11.8 Å². The lowest BCUT2D eigenvalue weighted by molar-refractivity contribution is -0.116. The predicted octanol–water partition coefficient (Wildman–Crippen LogP) is 2.61. The van der Waals surface area contributed by atoms with Crippen molar-refractivity contribution in [2.75, 3.05) is 22.1 Å². The van der Waals surface area contributed by atoms with Gasteiger partial charge in [0.05, 0.1) is 0 Å². The van der Waals surface area contributed by atoms with Crippen LogP contribution in [0.3, 0.4) is 0 Å². The maximum Gasteiger partial charge on any atom is 0.225 e. The molecule has 2 N–H and O–H groups in total. The normalized spacial score (nSPS) is 10.6. The minimum Gasteiger partial charge on any atom is -0.301 e. The van der Waals surface area contributed by atoms with Gasteiger partial charge in [-0.25, -0.2) is 0 Å². The van der Waals surface area contributed by atoms with Crippen LogP contribution in [0.15, 0.2) is 0 Å². The van der Waals surface area contributed by atoms with E-state index in [0.717, 1.165) is 34.4 Å². The molecule has 8 nitrogen and oxygen atoms in total. The lowest BCUT2D eigenvalue weighted by Gasteiger charge is -1.97. The maximum atomic E-state index is 11.3. The number of aromatic nitrogens is 4. The third-order valence-corrected chi connectivity index (χ3v) is 5.77. The fourth-order valence-corrected chi connectivity index (χ4v) is 4.30. The Kier molecular flexibility index (Phi) is 8.22. The highest BCUT2D eigenvalue weighted by molar-refractivity contribution is 7.99. The van der Waals surface area contributed by atoms with Crippen LogP contribution in [0.4, 0.5) is 10.3 Å². The molecule has 0 aliphatic heterocycles. The highest BCUT2D eigenvalue weighted by Crippen LogP contribution is 2.19. The summed E-state index contributed by atoms with van der Waals surface area (Å²) in [5.74, 6) is 1.75. The number of hydrogen-bond donors (Lipinski definition) is 2. The van der Waals surface area contributed by atoms with Crippen LogP contribution in [-0.4, -0.2) is 43.7 Å². The summed E-state index contributed by atoms with van der Waals surface area (Å²) >= 11 is 4.63. The van der Waals surface area contributed by atoms with Gasteiger partial charge < -0.3 is 10.6 Å². The molecule has 136 valence electrons. The van der Waals surface area contributed by atoms with Crippen molar-refractivity contribution < 1.29 is 9.59 Å². The summed E-state index contributed by atoms with van der Waals surface area (Å²) in [7, 11) is 0. The van der Waals surface area contributed by atoms with Crippen LogP contribution in [0.2, 0.25) is 0 Å². The average molecular weight is 401 g/mol. The Hall–Kier alpha value is -1.59. The Morgan fingerprint density at radius 3 is 1.68 bits per heavy atom. The fourth-order valence-electron chi connectivity index (χ4n) is 1.65. The second-order valence-electron chi connectivity index (χ2n) is 4.92. The summed E-state index contributed by atoms with van der Waals surface area (Å²) < 4.78 is 0. The Morgan fingerprint density at radius 1 is 0.840 bits per heavy atom. The molecular formula is C14H20N6O2S3. The van der Waals surface area contributed by atoms with E-state index in [0.29, 0.717) is 23.1 Å².